The number of nitrogens with one attached hydrogen (secondary N) is 1. The van der Waals surface area contributed by atoms with Gasteiger partial charge in [-0.1, -0.05) is 12.1 Å². The van der Waals surface area contributed by atoms with Gasteiger partial charge in [0.2, 0.25) is 5.91 Å². The van der Waals surface area contributed by atoms with Crippen LogP contribution < -0.4 is 5.32 Å². The molecule has 0 spiro atoms. The molecule has 98 valence electrons. The minimum atomic E-state index is -0.0104. The monoisotopic (exact) mass is 256 g/mol. The van der Waals surface area contributed by atoms with Crippen LogP contribution in [0, 0.1) is 6.92 Å². The van der Waals surface area contributed by atoms with E-state index in [9.17, 15) is 4.79 Å². The van der Waals surface area contributed by atoms with Crippen LogP contribution in [0.15, 0.2) is 22.6 Å². The number of hydrogen-bond acceptors (Lipinski definition) is 3. The van der Waals surface area contributed by atoms with Crippen molar-refractivity contribution in [2.24, 2.45) is 0 Å². The number of amides is 1. The highest BCUT2D eigenvalue weighted by molar-refractivity contribution is 5.91. The fourth-order valence-corrected chi connectivity index (χ4v) is 2.62. The van der Waals surface area contributed by atoms with E-state index in [2.05, 4.69) is 22.4 Å². The SMILES string of the molecule is CC(=O)NC/C=C1\CCc2ccc3nc(C)oc3c21. The standard InChI is InChI=1S/C15H16N2O2/c1-9(18)16-8-7-12-4-3-11-5-6-13-15(14(11)12)19-10(2)17-13/h5-7H,3-4,8H2,1-2H3,(H,16,18)/b12-7+. The molecule has 4 nitrogen and oxygen atoms in total. The van der Waals surface area contributed by atoms with E-state index in [1.165, 1.54) is 23.6 Å². The van der Waals surface area contributed by atoms with E-state index in [0.29, 0.717) is 12.4 Å². The maximum absolute atomic E-state index is 10.9. The summed E-state index contributed by atoms with van der Waals surface area (Å²) in [6.07, 6.45) is 4.09. The smallest absolute Gasteiger partial charge is 0.217 e. The zero-order chi connectivity index (χ0) is 13.4. The number of carbonyl (C=O) groups excluding carboxylic acids is 1. The first-order valence-corrected chi connectivity index (χ1v) is 6.48. The molecule has 1 heterocycles. The van der Waals surface area contributed by atoms with Gasteiger partial charge in [-0.2, -0.15) is 0 Å². The van der Waals surface area contributed by atoms with Gasteiger partial charge >= 0.3 is 0 Å². The normalized spacial score (nSPS) is 16.0. The Morgan fingerprint density at radius 3 is 3.11 bits per heavy atom. The molecule has 0 saturated heterocycles. The van der Waals surface area contributed by atoms with Crippen molar-refractivity contribution < 1.29 is 9.21 Å². The molecule has 0 unspecified atom stereocenters. The summed E-state index contributed by atoms with van der Waals surface area (Å²) in [5.41, 5.74) is 5.50. The summed E-state index contributed by atoms with van der Waals surface area (Å²) in [4.78, 5) is 15.3. The molecule has 1 aromatic heterocycles. The van der Waals surface area contributed by atoms with E-state index in [4.69, 9.17) is 4.42 Å². The molecule has 1 amide bonds. The van der Waals surface area contributed by atoms with Crippen LogP contribution in [-0.2, 0) is 11.2 Å². The number of aromatic nitrogens is 1. The molecule has 0 aliphatic heterocycles. The second-order valence-corrected chi connectivity index (χ2v) is 4.85. The quantitative estimate of drug-likeness (QED) is 0.898. The topological polar surface area (TPSA) is 55.1 Å². The second kappa shape index (κ2) is 4.53. The average Bonchev–Trinajstić information content (AvgIpc) is 2.90. The van der Waals surface area contributed by atoms with Crippen LogP contribution >= 0.6 is 0 Å². The first kappa shape index (κ1) is 12.0. The van der Waals surface area contributed by atoms with Gasteiger partial charge in [0.1, 0.15) is 5.52 Å². The maximum atomic E-state index is 10.9. The lowest BCUT2D eigenvalue weighted by Gasteiger charge is -2.02. The zero-order valence-electron chi connectivity index (χ0n) is 11.1. The fourth-order valence-electron chi connectivity index (χ4n) is 2.62. The predicted octanol–water partition coefficient (Wildman–Crippen LogP) is 2.60. The number of fused-ring (bicyclic) bond motifs is 3. The lowest BCUT2D eigenvalue weighted by molar-refractivity contribution is -0.118. The largest absolute Gasteiger partial charge is 0.440 e. The molecular weight excluding hydrogens is 240 g/mol. The Morgan fingerprint density at radius 1 is 1.47 bits per heavy atom. The molecule has 0 fully saturated rings. The van der Waals surface area contributed by atoms with Crippen molar-refractivity contribution in [2.75, 3.05) is 6.54 Å². The van der Waals surface area contributed by atoms with Crippen molar-refractivity contribution in [3.63, 3.8) is 0 Å². The number of rotatable bonds is 2. The van der Waals surface area contributed by atoms with Crippen LogP contribution in [0.1, 0.15) is 30.4 Å². The molecule has 0 radical (unpaired) electrons. The predicted molar refractivity (Wildman–Crippen MR) is 73.7 cm³/mol. The molecule has 0 atom stereocenters. The average molecular weight is 256 g/mol. The zero-order valence-corrected chi connectivity index (χ0v) is 11.1. The minimum absolute atomic E-state index is 0.0104. The van der Waals surface area contributed by atoms with E-state index in [1.54, 1.807) is 0 Å². The van der Waals surface area contributed by atoms with Crippen molar-refractivity contribution in [3.05, 3.63) is 35.2 Å². The summed E-state index contributed by atoms with van der Waals surface area (Å²) < 4.78 is 5.73. The van der Waals surface area contributed by atoms with Gasteiger partial charge in [0, 0.05) is 26.0 Å². The maximum Gasteiger partial charge on any atom is 0.217 e. The number of benzene rings is 1. The van der Waals surface area contributed by atoms with Crippen molar-refractivity contribution in [1.29, 1.82) is 0 Å². The number of nitrogens with zero attached hydrogens (tertiary/aromatic N) is 1. The summed E-state index contributed by atoms with van der Waals surface area (Å²) in [6, 6.07) is 4.14. The Balaban J connectivity index is 2.02. The third kappa shape index (κ3) is 2.14. The first-order chi connectivity index (χ1) is 9.15. The molecule has 2 aromatic rings. The van der Waals surface area contributed by atoms with Crippen molar-refractivity contribution in [3.8, 4) is 0 Å². The van der Waals surface area contributed by atoms with E-state index in [0.717, 1.165) is 23.9 Å². The summed E-state index contributed by atoms with van der Waals surface area (Å²) >= 11 is 0. The molecule has 1 aliphatic carbocycles. The highest BCUT2D eigenvalue weighted by Gasteiger charge is 2.21. The van der Waals surface area contributed by atoms with Crippen molar-refractivity contribution in [2.45, 2.75) is 26.7 Å². The molecule has 1 aliphatic rings. The highest BCUT2D eigenvalue weighted by Crippen LogP contribution is 2.37. The van der Waals surface area contributed by atoms with Crippen LogP contribution in [0.5, 0.6) is 0 Å². The van der Waals surface area contributed by atoms with Crippen LogP contribution in [0.2, 0.25) is 0 Å². The van der Waals surface area contributed by atoms with E-state index in [1.807, 2.05) is 13.0 Å². The van der Waals surface area contributed by atoms with Gasteiger partial charge in [0.25, 0.3) is 0 Å². The highest BCUT2D eigenvalue weighted by atomic mass is 16.3. The van der Waals surface area contributed by atoms with Gasteiger partial charge in [0.15, 0.2) is 11.5 Å². The van der Waals surface area contributed by atoms with E-state index < -0.39 is 0 Å². The van der Waals surface area contributed by atoms with Gasteiger partial charge in [0.05, 0.1) is 0 Å². The van der Waals surface area contributed by atoms with Crippen LogP contribution in [0.4, 0.5) is 0 Å². The van der Waals surface area contributed by atoms with Gasteiger partial charge in [-0.05, 0) is 30.0 Å². The Labute approximate surface area is 111 Å². The minimum Gasteiger partial charge on any atom is -0.440 e. The third-order valence-electron chi connectivity index (χ3n) is 3.44. The molecule has 0 bridgehead atoms. The number of allylic oxidation sites excluding steroid dienone is 1. The van der Waals surface area contributed by atoms with Crippen molar-refractivity contribution >= 4 is 22.6 Å². The summed E-state index contributed by atoms with van der Waals surface area (Å²) in [7, 11) is 0. The molecular formula is C15H16N2O2. The number of carbonyl (C=O) groups is 1. The first-order valence-electron chi connectivity index (χ1n) is 6.48. The molecule has 3 rings (SSSR count). The van der Waals surface area contributed by atoms with E-state index in [-0.39, 0.29) is 5.91 Å². The fraction of sp³-hybridized carbons (Fsp3) is 0.333. The molecule has 0 saturated carbocycles. The Morgan fingerprint density at radius 2 is 2.32 bits per heavy atom. The van der Waals surface area contributed by atoms with Gasteiger partial charge in [-0.15, -0.1) is 0 Å². The summed E-state index contributed by atoms with van der Waals surface area (Å²) in [6.45, 7) is 3.95. The second-order valence-electron chi connectivity index (χ2n) is 4.85. The summed E-state index contributed by atoms with van der Waals surface area (Å²) in [5, 5.41) is 2.79. The summed E-state index contributed by atoms with van der Waals surface area (Å²) in [5.74, 6) is 0.681. The molecule has 19 heavy (non-hydrogen) atoms. The van der Waals surface area contributed by atoms with Crippen LogP contribution in [0.3, 0.4) is 0 Å². The van der Waals surface area contributed by atoms with Crippen molar-refractivity contribution in [1.82, 2.24) is 10.3 Å². The molecule has 1 N–H and O–H groups in total. The lowest BCUT2D eigenvalue weighted by Crippen LogP contribution is -2.19. The Hall–Kier alpha value is -2.10. The van der Waals surface area contributed by atoms with Gasteiger partial charge in [-0.25, -0.2) is 4.98 Å². The van der Waals surface area contributed by atoms with Crippen LogP contribution in [0.25, 0.3) is 16.7 Å². The number of oxazole rings is 1. The molecule has 1 aromatic carbocycles. The number of aryl methyl sites for hydroxylation is 2. The Bertz CT molecular complexity index is 683. The third-order valence-corrected chi connectivity index (χ3v) is 3.44. The van der Waals surface area contributed by atoms with Gasteiger partial charge in [-0.3, -0.25) is 4.79 Å². The molecule has 4 heteroatoms. The number of hydrogen-bond donors (Lipinski definition) is 1. The van der Waals surface area contributed by atoms with Crippen LogP contribution in [-0.4, -0.2) is 17.4 Å². The Kier molecular flexibility index (Phi) is 2.85. The lowest BCUT2D eigenvalue weighted by atomic mass is 10.1. The van der Waals surface area contributed by atoms with E-state index >= 15 is 0 Å². The van der Waals surface area contributed by atoms with Gasteiger partial charge < -0.3 is 9.73 Å².